The largest absolute Gasteiger partial charge is 0.361 e. The minimum atomic E-state index is -0.427. The zero-order chi connectivity index (χ0) is 14.7. The van der Waals surface area contributed by atoms with Crippen molar-refractivity contribution in [2.75, 3.05) is 5.32 Å². The molecule has 106 valence electrons. The summed E-state index contributed by atoms with van der Waals surface area (Å²) in [7, 11) is 0. The van der Waals surface area contributed by atoms with Gasteiger partial charge in [0.2, 0.25) is 0 Å². The second-order valence-corrected chi connectivity index (χ2v) is 5.59. The molecule has 2 rings (SSSR count). The van der Waals surface area contributed by atoms with Crippen LogP contribution in [0.2, 0.25) is 0 Å². The lowest BCUT2D eigenvalue weighted by atomic mass is 10.3. The average Bonchev–Trinajstić information content (AvgIpc) is 2.87. The van der Waals surface area contributed by atoms with Crippen LogP contribution in [0.4, 0.5) is 11.5 Å². The number of pyridine rings is 1. The fourth-order valence-electron chi connectivity index (χ4n) is 1.80. The van der Waals surface area contributed by atoms with Crippen molar-refractivity contribution in [2.24, 2.45) is 0 Å². The van der Waals surface area contributed by atoms with E-state index in [-0.39, 0.29) is 11.7 Å². The maximum absolute atomic E-state index is 10.7. The molecule has 0 bridgehead atoms. The molecule has 0 aromatic carbocycles. The molecule has 0 spiro atoms. The van der Waals surface area contributed by atoms with Crippen molar-refractivity contribution in [3.05, 3.63) is 44.0 Å². The first kappa shape index (κ1) is 14.4. The average molecular weight is 292 g/mol. The normalized spacial score (nSPS) is 12.2. The van der Waals surface area contributed by atoms with E-state index in [9.17, 15) is 10.1 Å². The molecule has 0 saturated heterocycles. The minimum absolute atomic E-state index is 0.0219. The Kier molecular flexibility index (Phi) is 4.29. The van der Waals surface area contributed by atoms with Gasteiger partial charge in [-0.3, -0.25) is 10.1 Å². The van der Waals surface area contributed by atoms with E-state index in [2.05, 4.69) is 22.2 Å². The third-order valence-electron chi connectivity index (χ3n) is 2.91. The molecule has 2 aromatic heterocycles. The molecule has 0 aliphatic carbocycles. The Balaban J connectivity index is 2.13. The Hall–Kier alpha value is -2.02. The molecule has 0 radical (unpaired) electrons. The highest BCUT2D eigenvalue weighted by Gasteiger charge is 2.14. The van der Waals surface area contributed by atoms with Gasteiger partial charge < -0.3 is 5.32 Å². The summed E-state index contributed by atoms with van der Waals surface area (Å²) in [5.74, 6) is 0.619. The molecule has 2 heterocycles. The van der Waals surface area contributed by atoms with Gasteiger partial charge in [0, 0.05) is 17.1 Å². The van der Waals surface area contributed by atoms with Gasteiger partial charge in [-0.2, -0.15) is 0 Å². The molecule has 1 atom stereocenters. The first-order valence-corrected chi connectivity index (χ1v) is 7.16. The summed E-state index contributed by atoms with van der Waals surface area (Å²) in [6, 6.07) is 3.11. The molecule has 0 amide bonds. The van der Waals surface area contributed by atoms with Crippen LogP contribution in [-0.2, 0) is 6.42 Å². The van der Waals surface area contributed by atoms with Gasteiger partial charge in [0.05, 0.1) is 11.0 Å². The van der Waals surface area contributed by atoms with E-state index < -0.39 is 4.92 Å². The number of hydrogen-bond donors (Lipinski definition) is 1. The number of thiazole rings is 1. The molecule has 6 nitrogen and oxygen atoms in total. The highest BCUT2D eigenvalue weighted by atomic mass is 32.1. The van der Waals surface area contributed by atoms with Crippen molar-refractivity contribution in [1.82, 2.24) is 9.97 Å². The number of rotatable bonds is 5. The molecule has 0 fully saturated rings. The molecular formula is C13H16N4O2S. The molecule has 2 aromatic rings. The number of aryl methyl sites for hydroxylation is 2. The predicted octanol–water partition coefficient (Wildman–Crippen LogP) is 3.49. The van der Waals surface area contributed by atoms with E-state index in [1.54, 1.807) is 24.3 Å². The van der Waals surface area contributed by atoms with Crippen LogP contribution < -0.4 is 5.32 Å². The third kappa shape index (κ3) is 3.11. The van der Waals surface area contributed by atoms with Crippen LogP contribution in [0.5, 0.6) is 0 Å². The number of anilines is 1. The third-order valence-corrected chi connectivity index (χ3v) is 4.23. The van der Waals surface area contributed by atoms with E-state index in [4.69, 9.17) is 0 Å². The standard InChI is InChI=1S/C13H16N4O2S/c1-4-10-7-14-13(20-10)9(3)16-12-6-5-11(17(18)19)8(2)15-12/h5-7,9H,4H2,1-3H3,(H,15,16). The van der Waals surface area contributed by atoms with Gasteiger partial charge in [0.1, 0.15) is 16.5 Å². The molecule has 1 unspecified atom stereocenters. The van der Waals surface area contributed by atoms with Crippen molar-refractivity contribution in [2.45, 2.75) is 33.2 Å². The van der Waals surface area contributed by atoms with Gasteiger partial charge in [-0.05, 0) is 26.3 Å². The maximum atomic E-state index is 10.7. The van der Waals surface area contributed by atoms with Crippen molar-refractivity contribution < 1.29 is 4.92 Å². The molecule has 0 aliphatic rings. The Morgan fingerprint density at radius 2 is 2.25 bits per heavy atom. The highest BCUT2D eigenvalue weighted by molar-refractivity contribution is 7.11. The summed E-state index contributed by atoms with van der Waals surface area (Å²) in [6.07, 6.45) is 2.85. The Morgan fingerprint density at radius 1 is 1.50 bits per heavy atom. The summed E-state index contributed by atoms with van der Waals surface area (Å²) in [6.45, 7) is 5.72. The first-order valence-electron chi connectivity index (χ1n) is 6.34. The van der Waals surface area contributed by atoms with Crippen LogP contribution in [0.3, 0.4) is 0 Å². The van der Waals surface area contributed by atoms with Crippen molar-refractivity contribution in [3.63, 3.8) is 0 Å². The van der Waals surface area contributed by atoms with Gasteiger partial charge >= 0.3 is 0 Å². The van der Waals surface area contributed by atoms with Crippen LogP contribution in [0, 0.1) is 17.0 Å². The summed E-state index contributed by atoms with van der Waals surface area (Å²) in [5, 5.41) is 15.0. The SMILES string of the molecule is CCc1cnc(C(C)Nc2ccc([N+](=O)[O-])c(C)n2)s1. The van der Waals surface area contributed by atoms with E-state index in [1.807, 2.05) is 13.1 Å². The predicted molar refractivity (Wildman–Crippen MR) is 79.2 cm³/mol. The number of hydrogen-bond acceptors (Lipinski definition) is 6. The second kappa shape index (κ2) is 5.96. The summed E-state index contributed by atoms with van der Waals surface area (Å²) >= 11 is 1.66. The van der Waals surface area contributed by atoms with E-state index in [1.165, 1.54) is 10.9 Å². The van der Waals surface area contributed by atoms with Crippen molar-refractivity contribution in [3.8, 4) is 0 Å². The molecule has 0 saturated carbocycles. The number of nitro groups is 1. The minimum Gasteiger partial charge on any atom is -0.361 e. The molecule has 20 heavy (non-hydrogen) atoms. The Morgan fingerprint density at radius 3 is 2.80 bits per heavy atom. The fraction of sp³-hybridized carbons (Fsp3) is 0.385. The molecule has 1 N–H and O–H groups in total. The van der Waals surface area contributed by atoms with Crippen LogP contribution in [0.1, 0.15) is 35.5 Å². The van der Waals surface area contributed by atoms with Crippen LogP contribution in [-0.4, -0.2) is 14.9 Å². The number of nitrogens with one attached hydrogen (secondary N) is 1. The Bertz CT molecular complexity index is 627. The summed E-state index contributed by atoms with van der Waals surface area (Å²) in [4.78, 5) is 20.1. The highest BCUT2D eigenvalue weighted by Crippen LogP contribution is 2.25. The van der Waals surface area contributed by atoms with Gasteiger partial charge in [-0.25, -0.2) is 9.97 Å². The van der Waals surface area contributed by atoms with Gasteiger partial charge in [-0.15, -0.1) is 11.3 Å². The summed E-state index contributed by atoms with van der Waals surface area (Å²) in [5.41, 5.74) is 0.436. The van der Waals surface area contributed by atoms with Crippen LogP contribution in [0.25, 0.3) is 0 Å². The first-order chi connectivity index (χ1) is 9.51. The van der Waals surface area contributed by atoms with E-state index in [0.29, 0.717) is 11.5 Å². The lowest BCUT2D eigenvalue weighted by Crippen LogP contribution is -2.08. The Labute approximate surface area is 121 Å². The van der Waals surface area contributed by atoms with Crippen LogP contribution in [0.15, 0.2) is 18.3 Å². The monoisotopic (exact) mass is 292 g/mol. The fourth-order valence-corrected chi connectivity index (χ4v) is 2.66. The second-order valence-electron chi connectivity index (χ2n) is 4.44. The number of nitrogens with zero attached hydrogens (tertiary/aromatic N) is 3. The van der Waals surface area contributed by atoms with Gasteiger partial charge in [0.15, 0.2) is 0 Å². The topological polar surface area (TPSA) is 81.0 Å². The van der Waals surface area contributed by atoms with Crippen molar-refractivity contribution in [1.29, 1.82) is 0 Å². The quantitative estimate of drug-likeness (QED) is 0.674. The van der Waals surface area contributed by atoms with Crippen LogP contribution >= 0.6 is 11.3 Å². The number of aromatic nitrogens is 2. The van der Waals surface area contributed by atoms with E-state index >= 15 is 0 Å². The zero-order valence-corrected chi connectivity index (χ0v) is 12.4. The summed E-state index contributed by atoms with van der Waals surface area (Å²) < 4.78 is 0. The lowest BCUT2D eigenvalue weighted by Gasteiger charge is -2.12. The zero-order valence-electron chi connectivity index (χ0n) is 11.6. The smallest absolute Gasteiger partial charge is 0.290 e. The lowest BCUT2D eigenvalue weighted by molar-refractivity contribution is -0.385. The van der Waals surface area contributed by atoms with Gasteiger partial charge in [0.25, 0.3) is 5.69 Å². The van der Waals surface area contributed by atoms with Gasteiger partial charge in [-0.1, -0.05) is 6.92 Å². The maximum Gasteiger partial charge on any atom is 0.290 e. The molecular weight excluding hydrogens is 276 g/mol. The molecule has 0 aliphatic heterocycles. The van der Waals surface area contributed by atoms with E-state index in [0.717, 1.165) is 11.4 Å². The molecule has 7 heteroatoms. The van der Waals surface area contributed by atoms with Crippen molar-refractivity contribution >= 4 is 22.8 Å².